The van der Waals surface area contributed by atoms with E-state index in [0.717, 1.165) is 25.9 Å². The third-order valence-corrected chi connectivity index (χ3v) is 4.95. The van der Waals surface area contributed by atoms with Gasteiger partial charge in [-0.15, -0.1) is 0 Å². The maximum absolute atomic E-state index is 12.1. The smallest absolute Gasteiger partial charge is 0.319 e. The first kappa shape index (κ1) is 18.1. The van der Waals surface area contributed by atoms with Crippen molar-refractivity contribution in [3.63, 3.8) is 0 Å². The van der Waals surface area contributed by atoms with Gasteiger partial charge in [0.1, 0.15) is 12.2 Å². The monoisotopic (exact) mass is 349 g/mol. The predicted molar refractivity (Wildman–Crippen MR) is 94.4 cm³/mol. The number of rotatable bonds is 5. The zero-order valence-corrected chi connectivity index (χ0v) is 14.3. The third-order valence-electron chi connectivity index (χ3n) is 4.95. The number of aliphatic hydroxyl groups is 2. The molecule has 2 amide bonds. The van der Waals surface area contributed by atoms with Crippen LogP contribution in [0.4, 0.5) is 10.5 Å². The highest BCUT2D eigenvalue weighted by Gasteiger charge is 2.46. The van der Waals surface area contributed by atoms with Crippen LogP contribution in [0.15, 0.2) is 30.3 Å². The number of carbonyl (C=O) groups excluding carboxylic acids is 1. The molecule has 3 rings (SSSR count). The van der Waals surface area contributed by atoms with Crippen molar-refractivity contribution in [2.45, 2.75) is 43.6 Å². The van der Waals surface area contributed by atoms with Crippen LogP contribution in [0.1, 0.15) is 19.3 Å². The molecule has 1 aromatic carbocycles. The minimum atomic E-state index is -0.743. The van der Waals surface area contributed by atoms with E-state index >= 15 is 0 Å². The zero-order chi connectivity index (χ0) is 17.6. The maximum Gasteiger partial charge on any atom is 0.319 e. The van der Waals surface area contributed by atoms with Crippen molar-refractivity contribution in [2.24, 2.45) is 0 Å². The fourth-order valence-electron chi connectivity index (χ4n) is 3.70. The average Bonchev–Trinajstić information content (AvgIpc) is 2.97. The number of nitrogens with one attached hydrogen (secondary N) is 2. The van der Waals surface area contributed by atoms with E-state index in [1.807, 2.05) is 30.3 Å². The summed E-state index contributed by atoms with van der Waals surface area (Å²) < 4.78 is 5.81. The van der Waals surface area contributed by atoms with Gasteiger partial charge in [0.15, 0.2) is 0 Å². The number of aliphatic hydroxyl groups excluding tert-OH is 2. The summed E-state index contributed by atoms with van der Waals surface area (Å²) in [5.41, 5.74) is 0.716. The molecular formula is C18H27N3O4. The van der Waals surface area contributed by atoms with Crippen molar-refractivity contribution in [1.29, 1.82) is 0 Å². The quantitative estimate of drug-likeness (QED) is 0.630. The van der Waals surface area contributed by atoms with Crippen molar-refractivity contribution in [3.8, 4) is 0 Å². The molecule has 0 radical (unpaired) electrons. The van der Waals surface area contributed by atoms with E-state index in [9.17, 15) is 15.0 Å². The molecule has 0 saturated carbocycles. The van der Waals surface area contributed by atoms with Gasteiger partial charge in [-0.1, -0.05) is 24.6 Å². The molecule has 2 saturated heterocycles. The Balaban J connectivity index is 1.57. The number of carbonyl (C=O) groups is 1. The topological polar surface area (TPSA) is 94.1 Å². The summed E-state index contributed by atoms with van der Waals surface area (Å²) >= 11 is 0. The Morgan fingerprint density at radius 3 is 2.56 bits per heavy atom. The summed E-state index contributed by atoms with van der Waals surface area (Å²) in [7, 11) is 0. The molecule has 4 atom stereocenters. The molecule has 2 fully saturated rings. The summed E-state index contributed by atoms with van der Waals surface area (Å²) in [6.45, 7) is 1.89. The van der Waals surface area contributed by atoms with Gasteiger partial charge >= 0.3 is 6.03 Å². The number of urea groups is 1. The van der Waals surface area contributed by atoms with Crippen LogP contribution in [-0.2, 0) is 4.74 Å². The summed E-state index contributed by atoms with van der Waals surface area (Å²) in [4.78, 5) is 14.3. The van der Waals surface area contributed by atoms with Crippen molar-refractivity contribution >= 4 is 11.7 Å². The lowest BCUT2D eigenvalue weighted by Gasteiger charge is -2.36. The Bertz CT molecular complexity index is 551. The molecule has 7 heteroatoms. The number of benzene rings is 1. The first-order chi connectivity index (χ1) is 12.2. The number of hydrogen-bond donors (Lipinski definition) is 4. The van der Waals surface area contributed by atoms with Gasteiger partial charge in [0, 0.05) is 12.2 Å². The first-order valence-corrected chi connectivity index (χ1v) is 8.97. The van der Waals surface area contributed by atoms with Gasteiger partial charge in [0.2, 0.25) is 0 Å². The minimum absolute atomic E-state index is 0.200. The zero-order valence-electron chi connectivity index (χ0n) is 14.3. The van der Waals surface area contributed by atoms with Crippen molar-refractivity contribution in [3.05, 3.63) is 30.3 Å². The Labute approximate surface area is 148 Å². The van der Waals surface area contributed by atoms with Crippen LogP contribution >= 0.6 is 0 Å². The predicted octanol–water partition coefficient (Wildman–Crippen LogP) is 0.783. The summed E-state index contributed by atoms with van der Waals surface area (Å²) in [6.07, 6.45) is 1.71. The summed E-state index contributed by atoms with van der Waals surface area (Å²) in [5, 5.41) is 25.5. The van der Waals surface area contributed by atoms with Crippen LogP contribution < -0.4 is 10.6 Å². The lowest BCUT2D eigenvalue weighted by atomic mass is 9.99. The molecule has 2 aliphatic rings. The number of nitrogens with zero attached hydrogens (tertiary/aromatic N) is 1. The molecular weight excluding hydrogens is 322 g/mol. The number of hydrogen-bond acceptors (Lipinski definition) is 5. The molecule has 2 aliphatic heterocycles. The molecule has 7 nitrogen and oxygen atoms in total. The number of ether oxygens (including phenoxy) is 1. The van der Waals surface area contributed by atoms with E-state index in [4.69, 9.17) is 4.74 Å². The lowest BCUT2D eigenvalue weighted by molar-refractivity contribution is -0.0205. The molecule has 4 N–H and O–H groups in total. The van der Waals surface area contributed by atoms with E-state index in [-0.39, 0.29) is 31.3 Å². The highest BCUT2D eigenvalue weighted by molar-refractivity contribution is 5.89. The Morgan fingerprint density at radius 2 is 1.88 bits per heavy atom. The van der Waals surface area contributed by atoms with Gasteiger partial charge in [0.05, 0.1) is 18.8 Å². The second-order valence-corrected chi connectivity index (χ2v) is 6.67. The van der Waals surface area contributed by atoms with Crippen LogP contribution in [0, 0.1) is 0 Å². The summed E-state index contributed by atoms with van der Waals surface area (Å²) in [5.74, 6) is 0. The molecule has 0 aromatic heterocycles. The minimum Gasteiger partial charge on any atom is -0.394 e. The molecule has 2 heterocycles. The number of likely N-dealkylation sites (tertiary alicyclic amines) is 1. The van der Waals surface area contributed by atoms with E-state index < -0.39 is 12.2 Å². The highest BCUT2D eigenvalue weighted by atomic mass is 16.5. The van der Waals surface area contributed by atoms with Gasteiger partial charge in [-0.3, -0.25) is 4.90 Å². The molecule has 0 aliphatic carbocycles. The van der Waals surface area contributed by atoms with Crippen LogP contribution in [-0.4, -0.2) is 71.7 Å². The van der Waals surface area contributed by atoms with Crippen LogP contribution in [0.2, 0.25) is 0 Å². The number of piperidine rings is 1. The first-order valence-electron chi connectivity index (χ1n) is 8.97. The molecule has 0 spiro atoms. The van der Waals surface area contributed by atoms with Gasteiger partial charge in [-0.2, -0.15) is 0 Å². The van der Waals surface area contributed by atoms with Crippen LogP contribution in [0.3, 0.4) is 0 Å². The third kappa shape index (κ3) is 4.49. The second-order valence-electron chi connectivity index (χ2n) is 6.67. The normalized spacial score (nSPS) is 30.2. The summed E-state index contributed by atoms with van der Waals surface area (Å²) in [6, 6.07) is 8.70. The lowest BCUT2D eigenvalue weighted by Crippen LogP contribution is -2.52. The van der Waals surface area contributed by atoms with Crippen molar-refractivity contribution in [1.82, 2.24) is 10.2 Å². The van der Waals surface area contributed by atoms with Crippen LogP contribution in [0.25, 0.3) is 0 Å². The SMILES string of the molecule is O=C(NCC1OC(CO)C(O)C1N1CCCCC1)Nc1ccccc1. The van der Waals surface area contributed by atoms with E-state index in [1.165, 1.54) is 6.42 Å². The highest BCUT2D eigenvalue weighted by Crippen LogP contribution is 2.27. The number of para-hydroxylation sites is 1. The van der Waals surface area contributed by atoms with Gasteiger partial charge in [-0.25, -0.2) is 4.79 Å². The molecule has 25 heavy (non-hydrogen) atoms. The molecule has 138 valence electrons. The number of anilines is 1. The molecule has 4 unspecified atom stereocenters. The van der Waals surface area contributed by atoms with E-state index in [2.05, 4.69) is 15.5 Å². The van der Waals surface area contributed by atoms with E-state index in [0.29, 0.717) is 5.69 Å². The van der Waals surface area contributed by atoms with E-state index in [1.54, 1.807) is 0 Å². The average molecular weight is 349 g/mol. The van der Waals surface area contributed by atoms with Crippen molar-refractivity contribution in [2.75, 3.05) is 31.6 Å². The Kier molecular flexibility index (Phi) is 6.25. The van der Waals surface area contributed by atoms with Gasteiger partial charge < -0.3 is 25.6 Å². The van der Waals surface area contributed by atoms with Crippen molar-refractivity contribution < 1.29 is 19.7 Å². The Hall–Kier alpha value is -1.67. The Morgan fingerprint density at radius 1 is 1.16 bits per heavy atom. The van der Waals surface area contributed by atoms with Crippen LogP contribution in [0.5, 0.6) is 0 Å². The fraction of sp³-hybridized carbons (Fsp3) is 0.611. The fourth-order valence-corrected chi connectivity index (χ4v) is 3.70. The van der Waals surface area contributed by atoms with Gasteiger partial charge in [0.25, 0.3) is 0 Å². The number of amides is 2. The molecule has 0 bridgehead atoms. The standard InChI is InChI=1S/C18H27N3O4/c22-12-15-17(23)16(21-9-5-2-6-10-21)14(25-15)11-19-18(24)20-13-7-3-1-4-8-13/h1,3-4,7-8,14-17,22-23H,2,5-6,9-12H2,(H2,19,20,24). The molecule has 1 aromatic rings. The second kappa shape index (κ2) is 8.62. The van der Waals surface area contributed by atoms with Gasteiger partial charge in [-0.05, 0) is 38.1 Å². The maximum atomic E-state index is 12.1. The largest absolute Gasteiger partial charge is 0.394 e.